The van der Waals surface area contributed by atoms with Crippen LogP contribution >= 0.6 is 11.3 Å². The second-order valence-electron chi connectivity index (χ2n) is 8.24. The Kier molecular flexibility index (Phi) is 7.84. The summed E-state index contributed by atoms with van der Waals surface area (Å²) in [7, 11) is -4.00. The summed E-state index contributed by atoms with van der Waals surface area (Å²) < 4.78 is 34.7. The number of furan rings is 1. The van der Waals surface area contributed by atoms with Crippen molar-refractivity contribution < 1.29 is 17.6 Å². The molecule has 0 fully saturated rings. The van der Waals surface area contributed by atoms with E-state index in [4.69, 9.17) is 4.42 Å². The van der Waals surface area contributed by atoms with E-state index in [1.165, 1.54) is 29.5 Å². The van der Waals surface area contributed by atoms with Crippen molar-refractivity contribution in [1.29, 1.82) is 0 Å². The smallest absolute Gasteiger partial charge is 0.248 e. The fourth-order valence-corrected chi connectivity index (χ4v) is 5.79. The third-order valence-electron chi connectivity index (χ3n) is 5.61. The summed E-state index contributed by atoms with van der Waals surface area (Å²) in [5.41, 5.74) is 0.273. The number of thiophene rings is 1. The maximum atomic E-state index is 13.7. The Morgan fingerprint density at radius 1 is 1.14 bits per heavy atom. The van der Waals surface area contributed by atoms with E-state index < -0.39 is 16.1 Å². The van der Waals surface area contributed by atoms with E-state index in [9.17, 15) is 18.0 Å². The van der Waals surface area contributed by atoms with Gasteiger partial charge in [-0.2, -0.15) is 4.72 Å². The molecule has 10 heteroatoms. The van der Waals surface area contributed by atoms with Crippen molar-refractivity contribution in [3.63, 3.8) is 0 Å². The molecule has 0 saturated carbocycles. The maximum Gasteiger partial charge on any atom is 0.248 e. The number of sulfonamides is 1. The molecular formula is C25H27N3O5S2. The monoisotopic (exact) mass is 513 g/mol. The predicted octanol–water partition coefficient (Wildman–Crippen LogP) is 4.25. The van der Waals surface area contributed by atoms with Gasteiger partial charge in [-0.25, -0.2) is 8.42 Å². The zero-order valence-electron chi connectivity index (χ0n) is 19.3. The quantitative estimate of drug-likeness (QED) is 0.311. The Balaban J connectivity index is 1.61. The van der Waals surface area contributed by atoms with Crippen molar-refractivity contribution in [2.24, 2.45) is 0 Å². The Bertz CT molecular complexity index is 1390. The van der Waals surface area contributed by atoms with Gasteiger partial charge in [0.05, 0.1) is 24.2 Å². The van der Waals surface area contributed by atoms with Crippen LogP contribution in [0.1, 0.15) is 36.8 Å². The first-order valence-corrected chi connectivity index (χ1v) is 13.7. The van der Waals surface area contributed by atoms with Gasteiger partial charge < -0.3 is 14.3 Å². The van der Waals surface area contributed by atoms with Gasteiger partial charge in [-0.3, -0.25) is 9.59 Å². The van der Waals surface area contributed by atoms with E-state index in [0.29, 0.717) is 36.0 Å². The number of nitrogens with one attached hydrogen (secondary N) is 2. The van der Waals surface area contributed by atoms with Gasteiger partial charge in [0.1, 0.15) is 11.8 Å². The standard InChI is InChI=1S/C25H27N3O5S2/c1-2-3-8-23(25(30)28(16-19-6-4-13-33-19)17-20-7-5-14-34-20)27-35(31,32)21-10-11-22-18(15-21)9-12-24(29)26-22/h4-7,9-15,23,27H,2-3,8,16-17H2,1H3,(H,26,29)/t23-/m1/s1. The number of aromatic amines is 1. The highest BCUT2D eigenvalue weighted by Gasteiger charge is 2.30. The molecule has 3 aromatic heterocycles. The highest BCUT2D eigenvalue weighted by molar-refractivity contribution is 7.89. The van der Waals surface area contributed by atoms with Gasteiger partial charge in [0.25, 0.3) is 0 Å². The molecular weight excluding hydrogens is 486 g/mol. The number of amides is 1. The number of carbonyl (C=O) groups excluding carboxylic acids is 1. The van der Waals surface area contributed by atoms with Crippen LogP contribution in [0.15, 0.2) is 80.3 Å². The number of H-pyrrole nitrogens is 1. The molecule has 3 heterocycles. The lowest BCUT2D eigenvalue weighted by atomic mass is 10.1. The van der Waals surface area contributed by atoms with Gasteiger partial charge in [0, 0.05) is 16.5 Å². The molecule has 0 spiro atoms. The predicted molar refractivity (Wildman–Crippen MR) is 135 cm³/mol. The molecule has 184 valence electrons. The summed E-state index contributed by atoms with van der Waals surface area (Å²) in [6, 6.07) is 13.9. The van der Waals surface area contributed by atoms with E-state index in [2.05, 4.69) is 9.71 Å². The Hall–Kier alpha value is -3.21. The van der Waals surface area contributed by atoms with Crippen molar-refractivity contribution in [1.82, 2.24) is 14.6 Å². The first kappa shape index (κ1) is 24.9. The van der Waals surface area contributed by atoms with Crippen LogP contribution in [-0.4, -0.2) is 30.3 Å². The van der Waals surface area contributed by atoms with E-state index in [1.807, 2.05) is 24.4 Å². The molecule has 4 aromatic rings. The SMILES string of the molecule is CCCC[C@@H](NS(=O)(=O)c1ccc2[nH]c(=O)ccc2c1)C(=O)N(Cc1ccco1)Cc1cccs1. The topological polar surface area (TPSA) is 112 Å². The zero-order chi connectivity index (χ0) is 24.8. The van der Waals surface area contributed by atoms with Crippen LogP contribution in [0.25, 0.3) is 10.9 Å². The van der Waals surface area contributed by atoms with E-state index in [1.54, 1.807) is 35.4 Å². The summed E-state index contributed by atoms with van der Waals surface area (Å²) in [4.78, 5) is 30.5. The van der Waals surface area contributed by atoms with Crippen LogP contribution < -0.4 is 10.3 Å². The summed E-state index contributed by atoms with van der Waals surface area (Å²) >= 11 is 1.53. The number of nitrogens with zero attached hydrogens (tertiary/aromatic N) is 1. The number of rotatable bonds is 11. The molecule has 0 aliphatic rings. The molecule has 0 aliphatic carbocycles. The normalized spacial score (nSPS) is 12.6. The van der Waals surface area contributed by atoms with Crippen molar-refractivity contribution in [3.8, 4) is 0 Å². The second kappa shape index (κ2) is 11.0. The number of pyridine rings is 1. The van der Waals surface area contributed by atoms with Gasteiger partial charge in [-0.15, -0.1) is 11.3 Å². The number of hydrogen-bond donors (Lipinski definition) is 2. The van der Waals surface area contributed by atoms with Gasteiger partial charge in [-0.05, 0) is 59.7 Å². The van der Waals surface area contributed by atoms with Gasteiger partial charge in [0.15, 0.2) is 0 Å². The summed E-state index contributed by atoms with van der Waals surface area (Å²) in [5.74, 6) is 0.312. The number of carbonyl (C=O) groups is 1. The molecule has 0 bridgehead atoms. The highest BCUT2D eigenvalue weighted by Crippen LogP contribution is 2.20. The van der Waals surface area contributed by atoms with Crippen molar-refractivity contribution in [2.45, 2.75) is 50.2 Å². The Labute approximate surface area is 207 Å². The van der Waals surface area contributed by atoms with Crippen molar-refractivity contribution in [3.05, 3.63) is 87.2 Å². The van der Waals surface area contributed by atoms with E-state index in [0.717, 1.165) is 11.3 Å². The minimum atomic E-state index is -4.00. The number of benzene rings is 1. The molecule has 4 rings (SSSR count). The van der Waals surface area contributed by atoms with Crippen molar-refractivity contribution in [2.75, 3.05) is 0 Å². The average molecular weight is 514 g/mol. The van der Waals surface area contributed by atoms with Crippen LogP contribution in [0.2, 0.25) is 0 Å². The van der Waals surface area contributed by atoms with E-state index in [-0.39, 0.29) is 22.9 Å². The number of fused-ring (bicyclic) bond motifs is 1. The minimum Gasteiger partial charge on any atom is -0.467 e. The third-order valence-corrected chi connectivity index (χ3v) is 7.94. The molecule has 0 unspecified atom stereocenters. The first-order valence-electron chi connectivity index (χ1n) is 11.3. The fourth-order valence-electron chi connectivity index (χ4n) is 3.81. The number of unbranched alkanes of at least 4 members (excludes halogenated alkanes) is 1. The van der Waals surface area contributed by atoms with Crippen LogP contribution in [0.3, 0.4) is 0 Å². The molecule has 0 saturated heterocycles. The van der Waals surface area contributed by atoms with Gasteiger partial charge >= 0.3 is 0 Å². The molecule has 35 heavy (non-hydrogen) atoms. The fraction of sp³-hybridized carbons (Fsp3) is 0.280. The average Bonchev–Trinajstić information content (AvgIpc) is 3.55. The minimum absolute atomic E-state index is 0.0298. The van der Waals surface area contributed by atoms with Gasteiger partial charge in [-0.1, -0.05) is 25.8 Å². The number of hydrogen-bond acceptors (Lipinski definition) is 6. The van der Waals surface area contributed by atoms with Crippen molar-refractivity contribution >= 4 is 38.2 Å². The summed E-state index contributed by atoms with van der Waals surface area (Å²) in [5, 5.41) is 2.52. The van der Waals surface area contributed by atoms with Crippen LogP contribution in [0.4, 0.5) is 0 Å². The molecule has 1 amide bonds. The van der Waals surface area contributed by atoms with E-state index >= 15 is 0 Å². The second-order valence-corrected chi connectivity index (χ2v) is 11.0. The van der Waals surface area contributed by atoms with Crippen LogP contribution in [0.5, 0.6) is 0 Å². The molecule has 0 radical (unpaired) electrons. The molecule has 8 nitrogen and oxygen atoms in total. The maximum absolute atomic E-state index is 13.7. The Morgan fingerprint density at radius 2 is 2.00 bits per heavy atom. The van der Waals surface area contributed by atoms with Crippen LogP contribution in [0, 0.1) is 0 Å². The van der Waals surface area contributed by atoms with Gasteiger partial charge in [0.2, 0.25) is 21.5 Å². The first-order chi connectivity index (χ1) is 16.9. The summed E-state index contributed by atoms with van der Waals surface area (Å²) in [6.07, 6.45) is 3.42. The highest BCUT2D eigenvalue weighted by atomic mass is 32.2. The molecule has 0 aliphatic heterocycles. The lowest BCUT2D eigenvalue weighted by Gasteiger charge is -2.27. The molecule has 1 atom stereocenters. The molecule has 2 N–H and O–H groups in total. The Morgan fingerprint density at radius 3 is 2.71 bits per heavy atom. The lowest BCUT2D eigenvalue weighted by molar-refractivity contribution is -0.134. The number of aromatic nitrogens is 1. The van der Waals surface area contributed by atoms with Crippen LogP contribution in [-0.2, 0) is 27.9 Å². The largest absolute Gasteiger partial charge is 0.467 e. The summed E-state index contributed by atoms with van der Waals surface area (Å²) in [6.45, 7) is 2.58. The third kappa shape index (κ3) is 6.27. The lowest BCUT2D eigenvalue weighted by Crippen LogP contribution is -2.48. The molecule has 1 aromatic carbocycles. The zero-order valence-corrected chi connectivity index (χ0v) is 20.9.